The molecular formula is C77H82ClFN6O11Si. The standard InChI is InChI=1S/C77H82ClFN6O11Si/c1-12-90-75(86)67(45-52-44-60(96-97(10,11)76(3,4)5)34-36-64(52)91-47-57-38-39-80-72(83-57)63-20-16-17-21-65(63)89-9)94-73-69-68(71(95-74(69)82-49-81-73)51-22-28-56(79)29-23-51)62-35-37-66(70(78)50(62)2)93-61(46-85-42-40-84(6)41-43-85)48-92-77(53-18-14-13-15-19-53,54-24-30-58(87-7)31-25-54)55-26-32-59(88-8)33-27-55/h13-39,44,49,61,67H,12,40-43,45-48H2,1-11H3/t61-,67-/m1/s1. The molecule has 0 unspecified atom stereocenters. The molecule has 504 valence electrons. The van der Waals surface area contributed by atoms with Crippen molar-refractivity contribution in [1.82, 2.24) is 29.7 Å². The maximum absolute atomic E-state index is 14.9. The van der Waals surface area contributed by atoms with Crippen molar-refractivity contribution in [3.05, 3.63) is 221 Å². The van der Waals surface area contributed by atoms with Crippen molar-refractivity contribution in [2.45, 2.75) is 83.6 Å². The van der Waals surface area contributed by atoms with E-state index in [4.69, 9.17) is 68.3 Å². The molecule has 4 heterocycles. The van der Waals surface area contributed by atoms with Crippen LogP contribution in [0.15, 0.2) is 181 Å². The third kappa shape index (κ3) is 15.6. The van der Waals surface area contributed by atoms with E-state index in [0.29, 0.717) is 96.5 Å². The van der Waals surface area contributed by atoms with Gasteiger partial charge in [-0.2, -0.15) is 0 Å². The Labute approximate surface area is 572 Å². The Balaban J connectivity index is 0.976. The molecule has 20 heteroatoms. The first-order valence-electron chi connectivity index (χ1n) is 32.4. The van der Waals surface area contributed by atoms with Gasteiger partial charge in [0, 0.05) is 62.0 Å². The number of aromatic nitrogens is 4. The van der Waals surface area contributed by atoms with E-state index in [1.54, 1.807) is 52.6 Å². The van der Waals surface area contributed by atoms with Gasteiger partial charge < -0.3 is 51.6 Å². The summed E-state index contributed by atoms with van der Waals surface area (Å²) in [6, 6.07) is 50.6. The molecular weight excluding hydrogens is 1270 g/mol. The highest BCUT2D eigenvalue weighted by Gasteiger charge is 2.41. The summed E-state index contributed by atoms with van der Waals surface area (Å²) in [5, 5.41) is 0.500. The predicted octanol–water partition coefficient (Wildman–Crippen LogP) is 15.7. The molecule has 17 nitrogen and oxygen atoms in total. The second-order valence-corrected chi connectivity index (χ2v) is 30.5. The number of rotatable bonds is 27. The van der Waals surface area contributed by atoms with Gasteiger partial charge in [-0.25, -0.2) is 29.1 Å². The SMILES string of the molecule is CCOC(=O)[C@@H](Cc1cc(O[Si](C)(C)C(C)(C)C)ccc1OCc1ccnc(-c2ccccc2OC)n1)Oc1ncnc2oc(-c3ccc(F)cc3)c(-c3ccc(O[C@@H](COC(c4ccccc4)(c4ccc(OC)cc4)c4ccc(OC)cc4)CN4CCN(C)CC4)c(Cl)c3C)c12. The lowest BCUT2D eigenvalue weighted by molar-refractivity contribution is -0.151. The normalized spacial score (nSPS) is 13.8. The number of esters is 1. The van der Waals surface area contributed by atoms with Gasteiger partial charge in [-0.15, -0.1) is 0 Å². The van der Waals surface area contributed by atoms with Crippen LogP contribution in [0.3, 0.4) is 0 Å². The lowest BCUT2D eigenvalue weighted by Gasteiger charge is -2.39. The fourth-order valence-corrected chi connectivity index (χ4v) is 12.9. The minimum absolute atomic E-state index is 0.00650. The number of ether oxygens (including phenoxy) is 8. The van der Waals surface area contributed by atoms with Gasteiger partial charge >= 0.3 is 5.97 Å². The minimum atomic E-state index is -2.39. The summed E-state index contributed by atoms with van der Waals surface area (Å²) in [6.07, 6.45) is 1.02. The number of carbonyl (C=O) groups excluding carboxylic acids is 1. The molecule has 1 aliphatic rings. The average Bonchev–Trinajstić information content (AvgIpc) is 1.74. The van der Waals surface area contributed by atoms with E-state index in [2.05, 4.69) is 72.8 Å². The smallest absolute Gasteiger partial charge is 0.347 e. The molecule has 0 N–H and O–H groups in total. The molecule has 1 fully saturated rings. The molecule has 0 amide bonds. The van der Waals surface area contributed by atoms with Crippen molar-refractivity contribution in [3.8, 4) is 74.2 Å². The van der Waals surface area contributed by atoms with E-state index >= 15 is 0 Å². The number of nitrogens with zero attached hydrogens (tertiary/aromatic N) is 6. The van der Waals surface area contributed by atoms with E-state index in [0.717, 1.165) is 48.4 Å². The van der Waals surface area contributed by atoms with Gasteiger partial charge in [0.25, 0.3) is 0 Å². The Morgan fingerprint density at radius 1 is 0.711 bits per heavy atom. The molecule has 1 saturated heterocycles. The van der Waals surface area contributed by atoms with Crippen molar-refractivity contribution < 1.29 is 55.9 Å². The first-order chi connectivity index (χ1) is 46.8. The molecule has 0 spiro atoms. The zero-order valence-corrected chi connectivity index (χ0v) is 58.4. The fraction of sp³-hybridized carbons (Fsp3) is 0.312. The molecule has 0 radical (unpaired) electrons. The van der Waals surface area contributed by atoms with Gasteiger partial charge in [0.2, 0.25) is 26.0 Å². The number of hydrogen-bond donors (Lipinski definition) is 0. The van der Waals surface area contributed by atoms with Crippen LogP contribution in [-0.2, 0) is 32.9 Å². The van der Waals surface area contributed by atoms with Gasteiger partial charge in [-0.05, 0) is 158 Å². The zero-order valence-electron chi connectivity index (χ0n) is 56.7. The predicted molar refractivity (Wildman–Crippen MR) is 376 cm³/mol. The van der Waals surface area contributed by atoms with Crippen LogP contribution < -0.4 is 32.8 Å². The summed E-state index contributed by atoms with van der Waals surface area (Å²) in [6.45, 7) is 18.6. The first kappa shape index (κ1) is 69.0. The van der Waals surface area contributed by atoms with Crippen molar-refractivity contribution in [1.29, 1.82) is 0 Å². The van der Waals surface area contributed by atoms with Crippen molar-refractivity contribution in [2.24, 2.45) is 0 Å². The lowest BCUT2D eigenvalue weighted by atomic mass is 9.80. The average molecular weight is 1350 g/mol. The minimum Gasteiger partial charge on any atom is -0.543 e. The van der Waals surface area contributed by atoms with Crippen LogP contribution in [0.2, 0.25) is 23.2 Å². The third-order valence-electron chi connectivity index (χ3n) is 18.0. The zero-order chi connectivity index (χ0) is 68.4. The van der Waals surface area contributed by atoms with Gasteiger partial charge in [0.1, 0.15) is 76.1 Å². The number of carbonyl (C=O) groups is 1. The highest BCUT2D eigenvalue weighted by atomic mass is 35.5. The van der Waals surface area contributed by atoms with Crippen LogP contribution in [0.4, 0.5) is 4.39 Å². The Morgan fingerprint density at radius 2 is 1.36 bits per heavy atom. The largest absolute Gasteiger partial charge is 0.543 e. The molecule has 11 rings (SSSR count). The summed E-state index contributed by atoms with van der Waals surface area (Å²) in [7, 11) is 4.64. The summed E-state index contributed by atoms with van der Waals surface area (Å²) < 4.78 is 79.4. The molecule has 0 saturated carbocycles. The monoisotopic (exact) mass is 1350 g/mol. The summed E-state index contributed by atoms with van der Waals surface area (Å²) >= 11 is 7.68. The number of para-hydroxylation sites is 1. The summed E-state index contributed by atoms with van der Waals surface area (Å²) in [5.74, 6) is 3.19. The van der Waals surface area contributed by atoms with E-state index in [1.807, 2.05) is 128 Å². The number of halogens is 2. The molecule has 2 atom stereocenters. The number of hydrogen-bond acceptors (Lipinski definition) is 17. The van der Waals surface area contributed by atoms with Crippen molar-refractivity contribution >= 4 is 37.0 Å². The van der Waals surface area contributed by atoms with Crippen LogP contribution in [0.1, 0.15) is 61.2 Å². The summed E-state index contributed by atoms with van der Waals surface area (Å²) in [4.78, 5) is 38.1. The van der Waals surface area contributed by atoms with E-state index in [1.165, 1.54) is 18.5 Å². The molecule has 97 heavy (non-hydrogen) atoms. The van der Waals surface area contributed by atoms with E-state index < -0.39 is 37.9 Å². The number of benzene rings is 7. The fourth-order valence-electron chi connectivity index (χ4n) is 11.7. The molecule has 1 aliphatic heterocycles. The van der Waals surface area contributed by atoms with Gasteiger partial charge in [-0.3, -0.25) is 4.90 Å². The number of fused-ring (bicyclic) bond motifs is 1. The number of likely N-dealkylation sites (N-methyl/N-ethyl adjacent to an activating group) is 1. The van der Waals surface area contributed by atoms with Crippen molar-refractivity contribution in [2.75, 3.05) is 74.3 Å². The maximum Gasteiger partial charge on any atom is 0.347 e. The van der Waals surface area contributed by atoms with Crippen LogP contribution in [0.5, 0.6) is 40.4 Å². The Morgan fingerprint density at radius 3 is 2.02 bits per heavy atom. The maximum atomic E-state index is 14.9. The summed E-state index contributed by atoms with van der Waals surface area (Å²) in [5.41, 5.74) is 5.76. The topological polar surface area (TPSA) is 171 Å². The van der Waals surface area contributed by atoms with Gasteiger partial charge in [-0.1, -0.05) is 105 Å². The van der Waals surface area contributed by atoms with E-state index in [-0.39, 0.29) is 42.9 Å². The second-order valence-electron chi connectivity index (χ2n) is 25.4. The molecule has 0 aliphatic carbocycles. The highest BCUT2D eigenvalue weighted by molar-refractivity contribution is 6.74. The molecule has 3 aromatic heterocycles. The Kier molecular flexibility index (Phi) is 21.6. The first-order valence-corrected chi connectivity index (χ1v) is 35.7. The van der Waals surface area contributed by atoms with Crippen molar-refractivity contribution in [3.63, 3.8) is 0 Å². The van der Waals surface area contributed by atoms with Crippen LogP contribution in [-0.4, -0.2) is 131 Å². The molecule has 7 aromatic carbocycles. The Hall–Kier alpha value is -9.37. The van der Waals surface area contributed by atoms with Gasteiger partial charge in [0.05, 0.1) is 50.8 Å². The lowest BCUT2D eigenvalue weighted by Crippen LogP contribution is -2.49. The highest BCUT2D eigenvalue weighted by Crippen LogP contribution is 2.49. The second kappa shape index (κ2) is 30.4. The Bertz CT molecular complexity index is 4270. The van der Waals surface area contributed by atoms with Crippen LogP contribution >= 0.6 is 11.6 Å². The molecule has 10 aromatic rings. The van der Waals surface area contributed by atoms with Gasteiger partial charge in [0.15, 0.2) is 5.82 Å². The van der Waals surface area contributed by atoms with Crippen LogP contribution in [0.25, 0.3) is 44.9 Å². The number of methoxy groups -OCH3 is 3. The van der Waals surface area contributed by atoms with Crippen LogP contribution in [0, 0.1) is 12.7 Å². The molecule has 0 bridgehead atoms. The third-order valence-corrected chi connectivity index (χ3v) is 22.9. The number of piperazine rings is 1. The number of furan rings is 1. The van der Waals surface area contributed by atoms with E-state index in [9.17, 15) is 9.18 Å². The quantitative estimate of drug-likeness (QED) is 0.0270.